The predicted molar refractivity (Wildman–Crippen MR) is 122 cm³/mol. The molecule has 13 heteroatoms. The summed E-state index contributed by atoms with van der Waals surface area (Å²) in [4.78, 5) is 29.6. The lowest BCUT2D eigenvalue weighted by atomic mass is 9.96. The number of halogens is 3. The third-order valence-electron chi connectivity index (χ3n) is 5.51. The Labute approximate surface area is 205 Å². The van der Waals surface area contributed by atoms with Crippen LogP contribution in [0.15, 0.2) is 36.4 Å². The number of nitrogens with one attached hydrogen (secondary N) is 1. The Morgan fingerprint density at radius 2 is 1.86 bits per heavy atom. The van der Waals surface area contributed by atoms with Gasteiger partial charge in [-0.1, -0.05) is 30.3 Å². The van der Waals surface area contributed by atoms with Gasteiger partial charge in [0.1, 0.15) is 11.9 Å². The van der Waals surface area contributed by atoms with Crippen LogP contribution in [-0.4, -0.2) is 45.0 Å². The predicted octanol–water partition coefficient (Wildman–Crippen LogP) is 3.01. The third kappa shape index (κ3) is 6.51. The lowest BCUT2D eigenvalue weighted by Gasteiger charge is -2.33. The number of pyridine rings is 1. The van der Waals surface area contributed by atoms with E-state index >= 15 is 0 Å². The van der Waals surface area contributed by atoms with Crippen molar-refractivity contribution in [2.75, 3.05) is 24.6 Å². The van der Waals surface area contributed by atoms with Crippen molar-refractivity contribution in [2.24, 2.45) is 5.92 Å². The Kier molecular flexibility index (Phi) is 8.19. The van der Waals surface area contributed by atoms with E-state index in [0.717, 1.165) is 6.07 Å². The van der Waals surface area contributed by atoms with Gasteiger partial charge in [-0.25, -0.2) is 18.2 Å². The monoisotopic (exact) mass is 524 g/mol. The van der Waals surface area contributed by atoms with Gasteiger partial charge in [0.25, 0.3) is 0 Å². The van der Waals surface area contributed by atoms with Crippen molar-refractivity contribution in [3.63, 3.8) is 0 Å². The van der Waals surface area contributed by atoms with Crippen LogP contribution < -0.4 is 9.62 Å². The van der Waals surface area contributed by atoms with Crippen molar-refractivity contribution in [3.8, 4) is 6.07 Å². The number of anilines is 1. The second kappa shape index (κ2) is 10.9. The second-order valence-electron chi connectivity index (χ2n) is 8.06. The molecule has 9 nitrogen and oxygen atoms in total. The van der Waals surface area contributed by atoms with Crippen molar-refractivity contribution in [3.05, 3.63) is 58.8 Å². The average molecular weight is 525 g/mol. The summed E-state index contributed by atoms with van der Waals surface area (Å²) in [6.45, 7) is 1.38. The van der Waals surface area contributed by atoms with Crippen molar-refractivity contribution >= 4 is 27.7 Å². The number of aromatic nitrogens is 1. The standard InChI is InChI=1S/C23H23F3N4O5S/c1-2-35-22(32)18-12-17(13-27)20(28-19(18)23(24,25)26)30-10-8-16(9-11-30)21(31)29-36(33,34)14-15-6-4-3-5-7-15/h3-7,12,16H,2,8-11,14H2,1H3,(H,29,31). The van der Waals surface area contributed by atoms with Crippen molar-refractivity contribution in [1.29, 1.82) is 5.26 Å². The minimum absolute atomic E-state index is 0.0501. The van der Waals surface area contributed by atoms with E-state index in [0.29, 0.717) is 5.56 Å². The van der Waals surface area contributed by atoms with Gasteiger partial charge in [0.2, 0.25) is 15.9 Å². The quantitative estimate of drug-likeness (QED) is 0.548. The first-order valence-corrected chi connectivity index (χ1v) is 12.6. The molecule has 1 aliphatic heterocycles. The maximum Gasteiger partial charge on any atom is 0.434 e. The number of hydrogen-bond donors (Lipinski definition) is 1. The van der Waals surface area contributed by atoms with Crippen LogP contribution in [0.2, 0.25) is 0 Å². The van der Waals surface area contributed by atoms with Gasteiger partial charge in [0.05, 0.1) is 23.5 Å². The van der Waals surface area contributed by atoms with E-state index in [2.05, 4.69) is 14.4 Å². The molecule has 0 unspecified atom stereocenters. The van der Waals surface area contributed by atoms with Crippen molar-refractivity contribution in [2.45, 2.75) is 31.7 Å². The van der Waals surface area contributed by atoms with Crippen molar-refractivity contribution < 1.29 is 35.9 Å². The van der Waals surface area contributed by atoms with Crippen LogP contribution >= 0.6 is 0 Å². The normalized spacial score (nSPS) is 14.7. The number of ether oxygens (including phenoxy) is 1. The Bertz CT molecular complexity index is 1270. The van der Waals surface area contributed by atoms with Crippen LogP contribution in [0.3, 0.4) is 0 Å². The third-order valence-corrected chi connectivity index (χ3v) is 6.73. The molecule has 1 N–H and O–H groups in total. The first-order valence-electron chi connectivity index (χ1n) is 11.0. The zero-order chi connectivity index (χ0) is 26.5. The highest BCUT2D eigenvalue weighted by atomic mass is 32.2. The summed E-state index contributed by atoms with van der Waals surface area (Å²) in [6.07, 6.45) is -4.73. The molecular formula is C23H23F3N4O5S. The molecule has 3 rings (SSSR count). The minimum atomic E-state index is -4.98. The lowest BCUT2D eigenvalue weighted by molar-refractivity contribution is -0.141. The van der Waals surface area contributed by atoms with Crippen LogP contribution in [-0.2, 0) is 31.5 Å². The van der Waals surface area contributed by atoms with E-state index in [-0.39, 0.29) is 49.7 Å². The minimum Gasteiger partial charge on any atom is -0.462 e. The molecule has 0 bridgehead atoms. The summed E-state index contributed by atoms with van der Waals surface area (Å²) in [5.74, 6) is -3.28. The Morgan fingerprint density at radius 1 is 1.22 bits per heavy atom. The molecular weight excluding hydrogens is 501 g/mol. The maximum atomic E-state index is 13.6. The molecule has 2 aromatic rings. The molecule has 36 heavy (non-hydrogen) atoms. The number of sulfonamides is 1. The summed E-state index contributed by atoms with van der Waals surface area (Å²) in [7, 11) is -3.94. The van der Waals surface area contributed by atoms with E-state index in [4.69, 9.17) is 0 Å². The van der Waals surface area contributed by atoms with E-state index in [1.54, 1.807) is 36.4 Å². The molecule has 1 fully saturated rings. The molecule has 1 aromatic carbocycles. The molecule has 0 radical (unpaired) electrons. The highest BCUT2D eigenvalue weighted by Crippen LogP contribution is 2.35. The zero-order valence-corrected chi connectivity index (χ0v) is 20.0. The highest BCUT2D eigenvalue weighted by Gasteiger charge is 2.40. The van der Waals surface area contributed by atoms with Crippen LogP contribution in [0.25, 0.3) is 0 Å². The number of esters is 1. The molecule has 0 spiro atoms. The molecule has 0 aliphatic carbocycles. The van der Waals surface area contributed by atoms with E-state index in [1.165, 1.54) is 11.8 Å². The fraction of sp³-hybridized carbons (Fsp3) is 0.391. The summed E-state index contributed by atoms with van der Waals surface area (Å²) in [6, 6.07) is 10.9. The fourth-order valence-corrected chi connectivity index (χ4v) is 5.00. The van der Waals surface area contributed by atoms with Gasteiger partial charge in [-0.3, -0.25) is 9.52 Å². The van der Waals surface area contributed by atoms with Crippen LogP contribution in [0.1, 0.15) is 46.9 Å². The first-order chi connectivity index (χ1) is 16.9. The summed E-state index contributed by atoms with van der Waals surface area (Å²) in [5.41, 5.74) is -2.07. The van der Waals surface area contributed by atoms with Crippen LogP contribution in [0, 0.1) is 17.2 Å². The Hall–Kier alpha value is -3.66. The molecule has 1 saturated heterocycles. The maximum absolute atomic E-state index is 13.6. The number of alkyl halides is 3. The largest absolute Gasteiger partial charge is 0.462 e. The van der Waals surface area contributed by atoms with E-state index in [1.807, 2.05) is 0 Å². The van der Waals surface area contributed by atoms with Gasteiger partial charge in [0.15, 0.2) is 5.69 Å². The smallest absolute Gasteiger partial charge is 0.434 e. The van der Waals surface area contributed by atoms with Gasteiger partial charge < -0.3 is 9.64 Å². The summed E-state index contributed by atoms with van der Waals surface area (Å²) >= 11 is 0. The van der Waals surface area contributed by atoms with Gasteiger partial charge in [-0.2, -0.15) is 18.4 Å². The molecule has 192 valence electrons. The zero-order valence-electron chi connectivity index (χ0n) is 19.2. The Morgan fingerprint density at radius 3 is 2.42 bits per heavy atom. The van der Waals surface area contributed by atoms with Crippen molar-refractivity contribution in [1.82, 2.24) is 9.71 Å². The number of nitrogens with zero attached hydrogens (tertiary/aromatic N) is 3. The molecule has 1 aromatic heterocycles. The number of piperidine rings is 1. The fourth-order valence-electron chi connectivity index (χ4n) is 3.83. The molecule has 1 amide bonds. The van der Waals surface area contributed by atoms with Gasteiger partial charge in [-0.05, 0) is 31.4 Å². The van der Waals surface area contributed by atoms with Gasteiger partial charge in [0, 0.05) is 19.0 Å². The van der Waals surface area contributed by atoms with Gasteiger partial charge >= 0.3 is 12.1 Å². The number of hydrogen-bond acceptors (Lipinski definition) is 8. The number of benzene rings is 1. The average Bonchev–Trinajstić information content (AvgIpc) is 2.83. The SMILES string of the molecule is CCOC(=O)c1cc(C#N)c(N2CCC(C(=O)NS(=O)(=O)Cc3ccccc3)CC2)nc1C(F)(F)F. The Balaban J connectivity index is 1.74. The first kappa shape index (κ1) is 26.9. The van der Waals surface area contributed by atoms with Crippen LogP contribution in [0.4, 0.5) is 19.0 Å². The second-order valence-corrected chi connectivity index (χ2v) is 9.78. The van der Waals surface area contributed by atoms with Crippen LogP contribution in [0.5, 0.6) is 0 Å². The van der Waals surface area contributed by atoms with Gasteiger partial charge in [-0.15, -0.1) is 0 Å². The number of carbonyl (C=O) groups excluding carboxylic acids is 2. The highest BCUT2D eigenvalue weighted by molar-refractivity contribution is 7.89. The molecule has 0 saturated carbocycles. The number of amides is 1. The lowest BCUT2D eigenvalue weighted by Crippen LogP contribution is -2.43. The van der Waals surface area contributed by atoms with E-state index in [9.17, 15) is 36.4 Å². The molecule has 2 heterocycles. The number of nitriles is 1. The molecule has 0 atom stereocenters. The number of carbonyl (C=O) groups is 2. The molecule has 1 aliphatic rings. The summed E-state index contributed by atoms with van der Waals surface area (Å²) in [5, 5.41) is 9.49. The van der Waals surface area contributed by atoms with E-state index < -0.39 is 45.3 Å². The number of rotatable bonds is 7. The topological polar surface area (TPSA) is 129 Å². The summed E-state index contributed by atoms with van der Waals surface area (Å²) < 4.78 is 72.3.